The molecule has 0 amide bonds. The van der Waals surface area contributed by atoms with Crippen molar-refractivity contribution in [3.63, 3.8) is 0 Å². The van der Waals surface area contributed by atoms with Gasteiger partial charge in [-0.15, -0.1) is 0 Å². The van der Waals surface area contributed by atoms with Crippen LogP contribution in [0.25, 0.3) is 0 Å². The lowest BCUT2D eigenvalue weighted by Gasteiger charge is -2.35. The van der Waals surface area contributed by atoms with Crippen LogP contribution in [0, 0.1) is 11.3 Å². The zero-order chi connectivity index (χ0) is 14.8. The van der Waals surface area contributed by atoms with Gasteiger partial charge in [-0.2, -0.15) is 0 Å². The third-order valence-electron chi connectivity index (χ3n) is 4.02. The van der Waals surface area contributed by atoms with Crippen molar-refractivity contribution in [2.75, 3.05) is 5.32 Å². The number of rotatable bonds is 4. The van der Waals surface area contributed by atoms with E-state index >= 15 is 0 Å². The van der Waals surface area contributed by atoms with Crippen molar-refractivity contribution < 1.29 is 0 Å². The molecule has 1 atom stereocenters. The van der Waals surface area contributed by atoms with Gasteiger partial charge in [-0.25, -0.2) is 4.98 Å². The van der Waals surface area contributed by atoms with Gasteiger partial charge in [0.15, 0.2) is 5.82 Å². The van der Waals surface area contributed by atoms with E-state index < -0.39 is 0 Å². The summed E-state index contributed by atoms with van der Waals surface area (Å²) in [6, 6.07) is 0.369. The highest BCUT2D eigenvalue weighted by Crippen LogP contribution is 2.35. The summed E-state index contributed by atoms with van der Waals surface area (Å²) in [7, 11) is 0. The molecule has 1 aliphatic rings. The second-order valence-corrected chi connectivity index (χ2v) is 7.23. The Morgan fingerprint density at radius 1 is 1.50 bits per heavy atom. The van der Waals surface area contributed by atoms with E-state index in [4.69, 9.17) is 0 Å². The van der Waals surface area contributed by atoms with Crippen LogP contribution < -0.4 is 10.9 Å². The molecule has 4 nitrogen and oxygen atoms in total. The summed E-state index contributed by atoms with van der Waals surface area (Å²) in [6.45, 7) is 9.58. The second-order valence-electron chi connectivity index (χ2n) is 7.23. The van der Waals surface area contributed by atoms with Crippen molar-refractivity contribution in [1.82, 2.24) is 9.55 Å². The minimum atomic E-state index is 0.00424. The van der Waals surface area contributed by atoms with Crippen LogP contribution in [0.15, 0.2) is 17.2 Å². The van der Waals surface area contributed by atoms with Gasteiger partial charge in [-0.05, 0) is 30.6 Å². The Morgan fingerprint density at radius 3 is 2.90 bits per heavy atom. The molecule has 1 saturated carbocycles. The van der Waals surface area contributed by atoms with Crippen LogP contribution in [-0.4, -0.2) is 15.6 Å². The molecule has 1 aromatic heterocycles. The number of nitrogens with one attached hydrogen (secondary N) is 1. The van der Waals surface area contributed by atoms with Gasteiger partial charge in [0.25, 0.3) is 5.56 Å². The average Bonchev–Trinajstić information content (AvgIpc) is 2.32. The number of hydrogen-bond acceptors (Lipinski definition) is 3. The molecule has 4 heteroatoms. The van der Waals surface area contributed by atoms with E-state index in [2.05, 4.69) is 38.0 Å². The van der Waals surface area contributed by atoms with Gasteiger partial charge < -0.3 is 9.88 Å². The Balaban J connectivity index is 2.11. The molecule has 112 valence electrons. The first-order chi connectivity index (χ1) is 9.37. The summed E-state index contributed by atoms with van der Waals surface area (Å²) in [5.41, 5.74) is 0.367. The van der Waals surface area contributed by atoms with Crippen LogP contribution in [0.4, 0.5) is 5.82 Å². The molecule has 1 unspecified atom stereocenters. The molecule has 1 fully saturated rings. The van der Waals surface area contributed by atoms with E-state index in [0.29, 0.717) is 23.2 Å². The smallest absolute Gasteiger partial charge is 0.293 e. The monoisotopic (exact) mass is 277 g/mol. The first-order valence-corrected chi connectivity index (χ1v) is 7.69. The normalized spacial score (nSPS) is 21.9. The second kappa shape index (κ2) is 5.98. The zero-order valence-corrected chi connectivity index (χ0v) is 13.1. The molecule has 0 aliphatic heterocycles. The molecular formula is C16H27N3O. The lowest BCUT2D eigenvalue weighted by molar-refractivity contribution is 0.229. The van der Waals surface area contributed by atoms with Crippen LogP contribution >= 0.6 is 0 Å². The number of nitrogens with zero attached hydrogens (tertiary/aromatic N) is 2. The molecule has 1 aromatic rings. The fourth-order valence-corrected chi connectivity index (χ4v) is 3.10. The lowest BCUT2D eigenvalue weighted by Crippen LogP contribution is -2.35. The van der Waals surface area contributed by atoms with Crippen LogP contribution in [0.2, 0.25) is 0 Å². The summed E-state index contributed by atoms with van der Waals surface area (Å²) in [5, 5.41) is 3.37. The predicted molar refractivity (Wildman–Crippen MR) is 83.0 cm³/mol. The van der Waals surface area contributed by atoms with Gasteiger partial charge in [0, 0.05) is 25.0 Å². The minimum absolute atomic E-state index is 0.00424. The highest BCUT2D eigenvalue weighted by molar-refractivity contribution is 5.32. The Hall–Kier alpha value is -1.32. The molecule has 0 aromatic carbocycles. The molecular weight excluding hydrogens is 250 g/mol. The van der Waals surface area contributed by atoms with Crippen LogP contribution in [0.1, 0.15) is 53.4 Å². The summed E-state index contributed by atoms with van der Waals surface area (Å²) >= 11 is 0. The van der Waals surface area contributed by atoms with E-state index in [-0.39, 0.29) is 5.56 Å². The van der Waals surface area contributed by atoms with Crippen LogP contribution in [0.3, 0.4) is 0 Å². The minimum Gasteiger partial charge on any atom is -0.363 e. The van der Waals surface area contributed by atoms with Gasteiger partial charge >= 0.3 is 0 Å². The Morgan fingerprint density at radius 2 is 2.25 bits per heavy atom. The standard InChI is InChI=1S/C16H27N3O/c1-12(2)11-19-9-8-17-14(15(19)20)18-13-6-5-7-16(3,4)10-13/h8-9,12-13H,5-7,10-11H2,1-4H3,(H,17,18). The topological polar surface area (TPSA) is 46.9 Å². The maximum atomic E-state index is 12.4. The Bertz CT molecular complexity index is 505. The van der Waals surface area contributed by atoms with E-state index in [0.717, 1.165) is 19.4 Å². The summed E-state index contributed by atoms with van der Waals surface area (Å²) in [4.78, 5) is 16.6. The average molecular weight is 277 g/mol. The number of aromatic nitrogens is 2. The molecule has 1 heterocycles. The summed E-state index contributed by atoms with van der Waals surface area (Å²) in [5.74, 6) is 0.965. The van der Waals surface area contributed by atoms with E-state index in [1.807, 2.05) is 0 Å². The SMILES string of the molecule is CC(C)Cn1ccnc(NC2CCCC(C)(C)C2)c1=O. The van der Waals surface area contributed by atoms with E-state index in [1.54, 1.807) is 17.0 Å². The van der Waals surface area contributed by atoms with Crippen molar-refractivity contribution in [3.8, 4) is 0 Å². The van der Waals surface area contributed by atoms with Crippen LogP contribution in [-0.2, 0) is 6.54 Å². The quantitative estimate of drug-likeness (QED) is 0.918. The summed E-state index contributed by atoms with van der Waals surface area (Å²) in [6.07, 6.45) is 8.22. The summed E-state index contributed by atoms with van der Waals surface area (Å²) < 4.78 is 1.76. The van der Waals surface area contributed by atoms with Crippen LogP contribution in [0.5, 0.6) is 0 Å². The third kappa shape index (κ3) is 3.84. The highest BCUT2D eigenvalue weighted by atomic mass is 16.1. The van der Waals surface area contributed by atoms with Gasteiger partial charge in [0.2, 0.25) is 0 Å². The largest absolute Gasteiger partial charge is 0.363 e. The molecule has 20 heavy (non-hydrogen) atoms. The first kappa shape index (κ1) is 15.1. The van der Waals surface area contributed by atoms with Crippen molar-refractivity contribution in [2.24, 2.45) is 11.3 Å². The molecule has 1 aliphatic carbocycles. The number of hydrogen-bond donors (Lipinski definition) is 1. The maximum absolute atomic E-state index is 12.4. The van der Waals surface area contributed by atoms with E-state index in [1.165, 1.54) is 12.8 Å². The number of anilines is 1. The highest BCUT2D eigenvalue weighted by Gasteiger charge is 2.28. The Kier molecular flexibility index (Phi) is 4.51. The fourth-order valence-electron chi connectivity index (χ4n) is 3.10. The first-order valence-electron chi connectivity index (χ1n) is 7.69. The van der Waals surface area contributed by atoms with Crippen molar-refractivity contribution in [1.29, 1.82) is 0 Å². The molecule has 0 bridgehead atoms. The van der Waals surface area contributed by atoms with Gasteiger partial charge in [-0.3, -0.25) is 4.79 Å². The van der Waals surface area contributed by atoms with Crippen molar-refractivity contribution in [3.05, 3.63) is 22.7 Å². The van der Waals surface area contributed by atoms with Gasteiger partial charge in [-0.1, -0.05) is 34.1 Å². The van der Waals surface area contributed by atoms with Crippen molar-refractivity contribution in [2.45, 2.75) is 66.0 Å². The Labute approximate surface area is 121 Å². The lowest BCUT2D eigenvalue weighted by atomic mass is 9.75. The van der Waals surface area contributed by atoms with E-state index in [9.17, 15) is 4.79 Å². The molecule has 0 saturated heterocycles. The fraction of sp³-hybridized carbons (Fsp3) is 0.750. The maximum Gasteiger partial charge on any atom is 0.293 e. The van der Waals surface area contributed by atoms with Crippen molar-refractivity contribution >= 4 is 5.82 Å². The predicted octanol–water partition coefficient (Wildman–Crippen LogP) is 3.28. The van der Waals surface area contributed by atoms with Gasteiger partial charge in [0.1, 0.15) is 0 Å². The molecule has 0 spiro atoms. The molecule has 0 radical (unpaired) electrons. The van der Waals surface area contributed by atoms with Gasteiger partial charge in [0.05, 0.1) is 0 Å². The zero-order valence-electron chi connectivity index (χ0n) is 13.1. The molecule has 2 rings (SSSR count). The molecule has 1 N–H and O–H groups in total. The third-order valence-corrected chi connectivity index (χ3v) is 4.02.